The SMILES string of the molecule is CCCCC/C=C\C/C=C\C/C=C\C/C=C\CCCC(=O)OC[C@H](COP(=O)(O)OC[C@H](O)COP(=O)(O)OC[C@@H](COC(=O)CCCCCCCCCCCCCCCCCCC)OC(=O)CCCCCCCCCCCCCCCCC)OC(=O)CCCCCCCCCCCCCCCCCCC. The summed E-state index contributed by atoms with van der Waals surface area (Å²) < 4.78 is 68.8. The van der Waals surface area contributed by atoms with E-state index in [1.54, 1.807) is 0 Å². The molecule has 0 bridgehead atoms. The van der Waals surface area contributed by atoms with Gasteiger partial charge >= 0.3 is 39.5 Å². The van der Waals surface area contributed by atoms with E-state index in [1.807, 2.05) is 12.2 Å². The Morgan fingerprint density at radius 1 is 0.264 bits per heavy atom. The van der Waals surface area contributed by atoms with Gasteiger partial charge in [0.2, 0.25) is 0 Å². The number of unbranched alkanes of at least 4 members (excludes halogenated alkanes) is 50. The summed E-state index contributed by atoms with van der Waals surface area (Å²) in [6, 6.07) is 0. The zero-order valence-corrected chi connectivity index (χ0v) is 70.2. The molecule has 0 saturated heterocycles. The van der Waals surface area contributed by atoms with Gasteiger partial charge in [0.05, 0.1) is 26.4 Å². The van der Waals surface area contributed by atoms with Crippen LogP contribution in [0.15, 0.2) is 48.6 Å². The molecular formula is C87H162O17P2. The van der Waals surface area contributed by atoms with Crippen LogP contribution >= 0.6 is 15.6 Å². The fraction of sp³-hybridized carbons (Fsp3) is 0.862. The number of carbonyl (C=O) groups excluding carboxylic acids is 4. The molecule has 17 nitrogen and oxygen atoms in total. The van der Waals surface area contributed by atoms with E-state index < -0.39 is 97.5 Å². The summed E-state index contributed by atoms with van der Waals surface area (Å²) in [5, 5.41) is 10.7. The summed E-state index contributed by atoms with van der Waals surface area (Å²) in [6.07, 6.45) is 80.7. The first-order valence-electron chi connectivity index (χ1n) is 43.9. The normalized spacial score (nSPS) is 14.0. The molecule has 106 heavy (non-hydrogen) atoms. The average Bonchev–Trinajstić information content (AvgIpc) is 0.902. The number of aliphatic hydroxyl groups excluding tert-OH is 1. The third kappa shape index (κ3) is 79.1. The van der Waals surface area contributed by atoms with E-state index in [0.717, 1.165) is 96.3 Å². The fourth-order valence-electron chi connectivity index (χ4n) is 12.6. The van der Waals surface area contributed by atoms with Crippen molar-refractivity contribution in [1.29, 1.82) is 0 Å². The molecule has 0 aromatic heterocycles. The first-order valence-corrected chi connectivity index (χ1v) is 46.9. The molecule has 0 radical (unpaired) electrons. The summed E-state index contributed by atoms with van der Waals surface area (Å²) in [7, 11) is -9.96. The van der Waals surface area contributed by atoms with Crippen LogP contribution in [-0.2, 0) is 65.4 Å². The molecule has 0 aromatic rings. The highest BCUT2D eigenvalue weighted by Gasteiger charge is 2.30. The van der Waals surface area contributed by atoms with Crippen LogP contribution in [0.25, 0.3) is 0 Å². The maximum absolute atomic E-state index is 13.1. The lowest BCUT2D eigenvalue weighted by Gasteiger charge is -2.21. The standard InChI is InChI=1S/C87H162O17P2/c1-5-9-13-17-21-25-29-33-37-40-44-47-51-55-59-63-67-71-84(89)97-77-82(103-86(91)73-69-65-61-57-53-49-43-36-32-28-24-20-16-12-8-4)79-101-105(93,94)99-75-81(88)76-100-106(95,96)102-80-83(104-87(92)74-70-66-62-58-54-50-46-42-39-35-31-27-23-19-15-11-7-3)78-98-85(90)72-68-64-60-56-52-48-45-41-38-34-30-26-22-18-14-10-6-2/h22,26,34,38,45,48,56,60,81-83,88H,5-21,23-25,27-33,35-37,39-44,46-47,49-55,57-59,61-80H2,1-4H3,(H,93,94)(H,95,96)/b26-22-,38-34-,48-45-,60-56-/t81-,82-,83-/m1/s1. The van der Waals surface area contributed by atoms with Crippen molar-refractivity contribution in [1.82, 2.24) is 0 Å². The third-order valence-corrected chi connectivity index (χ3v) is 21.2. The highest BCUT2D eigenvalue weighted by atomic mass is 31.2. The van der Waals surface area contributed by atoms with Crippen LogP contribution in [0.1, 0.15) is 426 Å². The molecule has 3 N–H and O–H groups in total. The summed E-state index contributed by atoms with van der Waals surface area (Å²) in [4.78, 5) is 73.2. The molecule has 0 rings (SSSR count). The van der Waals surface area contributed by atoms with Crippen LogP contribution < -0.4 is 0 Å². The van der Waals surface area contributed by atoms with Gasteiger partial charge in [-0.3, -0.25) is 37.3 Å². The van der Waals surface area contributed by atoms with Gasteiger partial charge < -0.3 is 33.8 Å². The van der Waals surface area contributed by atoms with Crippen molar-refractivity contribution in [3.63, 3.8) is 0 Å². The van der Waals surface area contributed by atoms with Gasteiger partial charge in [-0.25, -0.2) is 9.13 Å². The van der Waals surface area contributed by atoms with E-state index in [2.05, 4.69) is 64.2 Å². The van der Waals surface area contributed by atoms with Gasteiger partial charge in [0.15, 0.2) is 12.2 Å². The summed E-state index contributed by atoms with van der Waals surface area (Å²) in [5.41, 5.74) is 0. The van der Waals surface area contributed by atoms with E-state index in [4.69, 9.17) is 37.0 Å². The zero-order chi connectivity index (χ0) is 77.4. The van der Waals surface area contributed by atoms with Crippen molar-refractivity contribution in [3.8, 4) is 0 Å². The molecule has 0 spiro atoms. The van der Waals surface area contributed by atoms with Crippen LogP contribution in [0.2, 0.25) is 0 Å². The lowest BCUT2D eigenvalue weighted by molar-refractivity contribution is -0.161. The maximum Gasteiger partial charge on any atom is 0.472 e. The largest absolute Gasteiger partial charge is 0.472 e. The van der Waals surface area contributed by atoms with E-state index in [1.165, 1.54) is 244 Å². The Morgan fingerprint density at radius 3 is 0.745 bits per heavy atom. The van der Waals surface area contributed by atoms with Gasteiger partial charge in [-0.1, -0.05) is 385 Å². The van der Waals surface area contributed by atoms with Crippen LogP contribution in [0.3, 0.4) is 0 Å². The van der Waals surface area contributed by atoms with E-state index in [-0.39, 0.29) is 25.7 Å². The first-order chi connectivity index (χ1) is 51.7. The van der Waals surface area contributed by atoms with Gasteiger partial charge in [-0.15, -0.1) is 0 Å². The molecule has 0 amide bonds. The van der Waals surface area contributed by atoms with Crippen molar-refractivity contribution in [3.05, 3.63) is 48.6 Å². The lowest BCUT2D eigenvalue weighted by Crippen LogP contribution is -2.30. The Bertz CT molecular complexity index is 2190. The minimum atomic E-state index is -4.98. The number of allylic oxidation sites excluding steroid dienone is 8. The monoisotopic (exact) mass is 1540 g/mol. The van der Waals surface area contributed by atoms with E-state index in [0.29, 0.717) is 32.1 Å². The minimum Gasteiger partial charge on any atom is -0.462 e. The summed E-state index contributed by atoms with van der Waals surface area (Å²) in [6.45, 7) is 4.93. The first kappa shape index (κ1) is 103. The Morgan fingerprint density at radius 2 is 0.472 bits per heavy atom. The number of hydrogen-bond acceptors (Lipinski definition) is 15. The van der Waals surface area contributed by atoms with E-state index in [9.17, 15) is 43.2 Å². The number of esters is 4. The predicted molar refractivity (Wildman–Crippen MR) is 437 cm³/mol. The van der Waals surface area contributed by atoms with E-state index >= 15 is 0 Å². The van der Waals surface area contributed by atoms with Gasteiger partial charge in [0, 0.05) is 25.7 Å². The molecule has 0 heterocycles. The average molecular weight is 1540 g/mol. The highest BCUT2D eigenvalue weighted by Crippen LogP contribution is 2.45. The molecule has 622 valence electrons. The van der Waals surface area contributed by atoms with Crippen LogP contribution in [-0.4, -0.2) is 96.7 Å². The zero-order valence-electron chi connectivity index (χ0n) is 68.4. The van der Waals surface area contributed by atoms with Gasteiger partial charge in [-0.05, 0) is 64.2 Å². The number of aliphatic hydroxyl groups is 1. The molecule has 0 saturated carbocycles. The number of rotatable bonds is 84. The molecule has 0 aliphatic heterocycles. The maximum atomic E-state index is 13.1. The van der Waals surface area contributed by atoms with Crippen molar-refractivity contribution in [2.24, 2.45) is 0 Å². The number of ether oxygens (including phenoxy) is 4. The number of phosphoric acid groups is 2. The molecule has 19 heteroatoms. The van der Waals surface area contributed by atoms with Gasteiger partial charge in [0.1, 0.15) is 19.3 Å². The number of carbonyl (C=O) groups is 4. The minimum absolute atomic E-state index is 0.0918. The number of hydrogen-bond donors (Lipinski definition) is 3. The van der Waals surface area contributed by atoms with Gasteiger partial charge in [-0.2, -0.15) is 0 Å². The predicted octanol–water partition coefficient (Wildman–Crippen LogP) is 26.0. The third-order valence-electron chi connectivity index (χ3n) is 19.3. The quantitative estimate of drug-likeness (QED) is 0.0169. The Kier molecular flexibility index (Phi) is 77.8. The van der Waals surface area contributed by atoms with Crippen molar-refractivity contribution in [2.75, 3.05) is 39.6 Å². The number of phosphoric ester groups is 2. The molecule has 0 aliphatic rings. The Balaban J connectivity index is 5.35. The second kappa shape index (κ2) is 80.1. The molecule has 5 atom stereocenters. The van der Waals surface area contributed by atoms with Crippen molar-refractivity contribution in [2.45, 2.75) is 444 Å². The van der Waals surface area contributed by atoms with Gasteiger partial charge in [0.25, 0.3) is 0 Å². The Hall–Kier alpha value is -2.98. The Labute approximate surface area is 648 Å². The van der Waals surface area contributed by atoms with Crippen molar-refractivity contribution < 1.29 is 80.2 Å². The molecule has 0 aromatic carbocycles. The summed E-state index contributed by atoms with van der Waals surface area (Å²) >= 11 is 0. The molecular weight excluding hydrogens is 1380 g/mol. The summed E-state index contributed by atoms with van der Waals surface area (Å²) in [5.74, 6) is -2.18. The highest BCUT2D eigenvalue weighted by molar-refractivity contribution is 7.47. The second-order valence-electron chi connectivity index (χ2n) is 29.9. The lowest BCUT2D eigenvalue weighted by atomic mass is 10.0. The molecule has 0 fully saturated rings. The molecule has 0 aliphatic carbocycles. The van der Waals surface area contributed by atoms with Crippen LogP contribution in [0.4, 0.5) is 0 Å². The smallest absolute Gasteiger partial charge is 0.462 e. The van der Waals surface area contributed by atoms with Crippen molar-refractivity contribution >= 4 is 39.5 Å². The van der Waals surface area contributed by atoms with Crippen LogP contribution in [0, 0.1) is 0 Å². The second-order valence-corrected chi connectivity index (χ2v) is 32.8. The molecule has 2 unspecified atom stereocenters. The van der Waals surface area contributed by atoms with Crippen LogP contribution in [0.5, 0.6) is 0 Å². The topological polar surface area (TPSA) is 237 Å². The fourth-order valence-corrected chi connectivity index (χ4v) is 14.2.